The fourth-order valence-electron chi connectivity index (χ4n) is 4.56. The van der Waals surface area contributed by atoms with Crippen LogP contribution in [0.3, 0.4) is 0 Å². The molecule has 2 aliphatic heterocycles. The first kappa shape index (κ1) is 23.7. The zero-order valence-corrected chi connectivity index (χ0v) is 20.4. The van der Waals surface area contributed by atoms with Gasteiger partial charge in [0.15, 0.2) is 5.13 Å². The van der Waals surface area contributed by atoms with Gasteiger partial charge in [-0.1, -0.05) is 42.5 Å². The molecule has 0 aliphatic carbocycles. The first-order valence-corrected chi connectivity index (χ1v) is 13.0. The predicted molar refractivity (Wildman–Crippen MR) is 138 cm³/mol. The van der Waals surface area contributed by atoms with E-state index in [0.717, 1.165) is 49.5 Å². The Morgan fingerprint density at radius 2 is 1.94 bits per heavy atom. The molecule has 2 N–H and O–H groups in total. The molecule has 3 aromatic rings. The Hall–Kier alpha value is -3.07. The van der Waals surface area contributed by atoms with Crippen molar-refractivity contribution in [1.82, 2.24) is 10.3 Å². The number of aryl methyl sites for hydroxylation is 2. The van der Waals surface area contributed by atoms with Crippen LogP contribution in [0.25, 0.3) is 0 Å². The second-order valence-electron chi connectivity index (χ2n) is 9.08. The Balaban J connectivity index is 1.13. The van der Waals surface area contributed by atoms with Crippen molar-refractivity contribution in [2.45, 2.75) is 31.8 Å². The van der Waals surface area contributed by atoms with E-state index in [4.69, 9.17) is 4.74 Å². The average molecular weight is 491 g/mol. The van der Waals surface area contributed by atoms with Gasteiger partial charge < -0.3 is 20.3 Å². The number of morpholine rings is 1. The Bertz CT molecular complexity index is 1140. The van der Waals surface area contributed by atoms with E-state index in [9.17, 15) is 9.59 Å². The summed E-state index contributed by atoms with van der Waals surface area (Å²) in [5.41, 5.74) is 3.29. The molecule has 0 bridgehead atoms. The average Bonchev–Trinajstić information content (AvgIpc) is 3.51. The van der Waals surface area contributed by atoms with E-state index < -0.39 is 0 Å². The van der Waals surface area contributed by atoms with Gasteiger partial charge in [-0.05, 0) is 42.5 Å². The summed E-state index contributed by atoms with van der Waals surface area (Å²) in [7, 11) is 0. The van der Waals surface area contributed by atoms with Gasteiger partial charge in [0, 0.05) is 42.8 Å². The number of benzene rings is 2. The molecule has 0 saturated carbocycles. The molecule has 2 fully saturated rings. The number of aromatic nitrogens is 1. The Kier molecular flexibility index (Phi) is 7.51. The zero-order valence-electron chi connectivity index (χ0n) is 19.6. The Morgan fingerprint density at radius 1 is 1.11 bits per heavy atom. The molecule has 0 spiro atoms. The molecule has 1 aromatic heterocycles. The van der Waals surface area contributed by atoms with Crippen molar-refractivity contribution in [3.05, 3.63) is 76.8 Å². The highest BCUT2D eigenvalue weighted by Crippen LogP contribution is 2.28. The van der Waals surface area contributed by atoms with Crippen LogP contribution in [0.1, 0.15) is 22.4 Å². The monoisotopic (exact) mass is 490 g/mol. The SMILES string of the molecule is O=C(Nc1ncc(CCc2ccccc2)s1)C1CC(=O)N(c2ccc(CC3CNCCO3)cc2)C1. The number of nitrogens with one attached hydrogen (secondary N) is 2. The van der Waals surface area contributed by atoms with E-state index in [2.05, 4.69) is 27.8 Å². The van der Waals surface area contributed by atoms with Crippen molar-refractivity contribution in [2.24, 2.45) is 5.92 Å². The number of ether oxygens (including phenoxy) is 1. The molecule has 8 heteroatoms. The molecule has 2 saturated heterocycles. The van der Waals surface area contributed by atoms with E-state index in [0.29, 0.717) is 11.7 Å². The summed E-state index contributed by atoms with van der Waals surface area (Å²) >= 11 is 1.50. The van der Waals surface area contributed by atoms with Gasteiger partial charge in [-0.3, -0.25) is 9.59 Å². The molecular weight excluding hydrogens is 460 g/mol. The number of hydrogen-bond acceptors (Lipinski definition) is 6. The van der Waals surface area contributed by atoms with Gasteiger partial charge in [0.05, 0.1) is 18.6 Å². The van der Waals surface area contributed by atoms with E-state index >= 15 is 0 Å². The summed E-state index contributed by atoms with van der Waals surface area (Å²) in [6, 6.07) is 18.3. The van der Waals surface area contributed by atoms with Gasteiger partial charge in [-0.2, -0.15) is 0 Å². The number of carbonyl (C=O) groups is 2. The van der Waals surface area contributed by atoms with Crippen LogP contribution in [-0.4, -0.2) is 49.1 Å². The van der Waals surface area contributed by atoms with Gasteiger partial charge in [0.25, 0.3) is 0 Å². The summed E-state index contributed by atoms with van der Waals surface area (Å²) in [6.07, 6.45) is 4.87. The quantitative estimate of drug-likeness (QED) is 0.505. The van der Waals surface area contributed by atoms with Crippen LogP contribution in [-0.2, 0) is 33.6 Å². The van der Waals surface area contributed by atoms with Crippen LogP contribution in [0.15, 0.2) is 60.8 Å². The highest BCUT2D eigenvalue weighted by atomic mass is 32.1. The van der Waals surface area contributed by atoms with Gasteiger partial charge in [0.1, 0.15) is 0 Å². The molecule has 2 unspecified atom stereocenters. The van der Waals surface area contributed by atoms with Crippen LogP contribution in [0.2, 0.25) is 0 Å². The second-order valence-corrected chi connectivity index (χ2v) is 10.2. The first-order valence-electron chi connectivity index (χ1n) is 12.1. The van der Waals surface area contributed by atoms with Crippen molar-refractivity contribution in [3.8, 4) is 0 Å². The fraction of sp³-hybridized carbons (Fsp3) is 0.370. The Morgan fingerprint density at radius 3 is 2.71 bits per heavy atom. The molecule has 35 heavy (non-hydrogen) atoms. The van der Waals surface area contributed by atoms with E-state index in [-0.39, 0.29) is 30.3 Å². The van der Waals surface area contributed by atoms with E-state index in [1.807, 2.05) is 48.7 Å². The smallest absolute Gasteiger partial charge is 0.231 e. The lowest BCUT2D eigenvalue weighted by Gasteiger charge is -2.24. The summed E-state index contributed by atoms with van der Waals surface area (Å²) < 4.78 is 5.78. The normalized spacial score (nSPS) is 20.2. The first-order chi connectivity index (χ1) is 17.1. The minimum absolute atomic E-state index is 0.0274. The maximum absolute atomic E-state index is 12.9. The van der Waals surface area contributed by atoms with Crippen molar-refractivity contribution in [3.63, 3.8) is 0 Å². The molecule has 7 nitrogen and oxygen atoms in total. The summed E-state index contributed by atoms with van der Waals surface area (Å²) in [5.74, 6) is -0.565. The molecule has 3 heterocycles. The standard InChI is InChI=1S/C27H30N4O3S/c32-25-15-21(18-31(25)22-9-6-20(7-10-22)14-23-16-28-12-13-34-23)26(33)30-27-29-17-24(35-27)11-8-19-4-2-1-3-5-19/h1-7,9-10,17,21,23,28H,8,11-16,18H2,(H,29,30,33). The molecule has 0 radical (unpaired) electrons. The van der Waals surface area contributed by atoms with Crippen LogP contribution < -0.4 is 15.5 Å². The van der Waals surface area contributed by atoms with Crippen molar-refractivity contribution >= 4 is 34.0 Å². The van der Waals surface area contributed by atoms with E-state index in [1.54, 1.807) is 4.90 Å². The minimum Gasteiger partial charge on any atom is -0.375 e. The second kappa shape index (κ2) is 11.1. The minimum atomic E-state index is -0.388. The Labute approximate surface area is 209 Å². The maximum atomic E-state index is 12.9. The van der Waals surface area contributed by atoms with Crippen molar-refractivity contribution in [2.75, 3.05) is 36.5 Å². The highest BCUT2D eigenvalue weighted by Gasteiger charge is 2.35. The van der Waals surface area contributed by atoms with Crippen LogP contribution in [0.5, 0.6) is 0 Å². The third kappa shape index (κ3) is 6.14. The number of anilines is 2. The third-order valence-corrected chi connectivity index (χ3v) is 7.47. The van der Waals surface area contributed by atoms with Crippen molar-refractivity contribution < 1.29 is 14.3 Å². The number of rotatable bonds is 8. The molecule has 2 atom stereocenters. The number of amides is 2. The highest BCUT2D eigenvalue weighted by molar-refractivity contribution is 7.15. The van der Waals surface area contributed by atoms with Crippen LogP contribution in [0.4, 0.5) is 10.8 Å². The van der Waals surface area contributed by atoms with Crippen LogP contribution >= 0.6 is 11.3 Å². The molecule has 2 aromatic carbocycles. The van der Waals surface area contributed by atoms with E-state index in [1.165, 1.54) is 22.5 Å². The number of carbonyl (C=O) groups excluding carboxylic acids is 2. The lowest BCUT2D eigenvalue weighted by molar-refractivity contribution is -0.122. The van der Waals surface area contributed by atoms with Gasteiger partial charge in [0.2, 0.25) is 11.8 Å². The van der Waals surface area contributed by atoms with Gasteiger partial charge >= 0.3 is 0 Å². The molecular formula is C27H30N4O3S. The van der Waals surface area contributed by atoms with Gasteiger partial charge in [-0.15, -0.1) is 11.3 Å². The molecule has 182 valence electrons. The number of hydrogen-bond donors (Lipinski definition) is 2. The van der Waals surface area contributed by atoms with Gasteiger partial charge in [-0.25, -0.2) is 4.98 Å². The summed E-state index contributed by atoms with van der Waals surface area (Å²) in [4.78, 5) is 32.7. The lowest BCUT2D eigenvalue weighted by atomic mass is 10.1. The topological polar surface area (TPSA) is 83.6 Å². The van der Waals surface area contributed by atoms with Crippen LogP contribution in [0, 0.1) is 5.92 Å². The third-order valence-electron chi connectivity index (χ3n) is 6.50. The lowest BCUT2D eigenvalue weighted by Crippen LogP contribution is -2.39. The maximum Gasteiger partial charge on any atom is 0.231 e. The fourth-order valence-corrected chi connectivity index (χ4v) is 5.37. The molecule has 5 rings (SSSR count). The number of thiazole rings is 1. The zero-order chi connectivity index (χ0) is 24.0. The molecule has 2 amide bonds. The predicted octanol–water partition coefficient (Wildman–Crippen LogP) is 3.45. The largest absolute Gasteiger partial charge is 0.375 e. The summed E-state index contributed by atoms with van der Waals surface area (Å²) in [6.45, 7) is 2.88. The molecule has 2 aliphatic rings. The number of nitrogens with zero attached hydrogens (tertiary/aromatic N) is 2. The van der Waals surface area contributed by atoms with Crippen molar-refractivity contribution in [1.29, 1.82) is 0 Å². The summed E-state index contributed by atoms with van der Waals surface area (Å²) in [5, 5.41) is 6.85.